The van der Waals surface area contributed by atoms with Gasteiger partial charge in [-0.2, -0.15) is 5.10 Å². The fraction of sp³-hybridized carbons (Fsp3) is 0.429. The van der Waals surface area contributed by atoms with Crippen molar-refractivity contribution in [2.45, 2.75) is 13.5 Å². The lowest BCUT2D eigenvalue weighted by molar-refractivity contribution is 0.0957. The second-order valence-corrected chi connectivity index (χ2v) is 2.35. The van der Waals surface area contributed by atoms with E-state index in [0.717, 1.165) is 0 Å². The summed E-state index contributed by atoms with van der Waals surface area (Å²) in [7, 11) is 1.56. The Hall–Kier alpha value is -1.52. The SMILES string of the molecule is CCn1nc(C(=O)NC)cc1N. The highest BCUT2D eigenvalue weighted by Crippen LogP contribution is 2.05. The molecule has 0 unspecified atom stereocenters. The summed E-state index contributed by atoms with van der Waals surface area (Å²) in [5.41, 5.74) is 5.92. The zero-order valence-corrected chi connectivity index (χ0v) is 7.16. The Morgan fingerprint density at radius 2 is 2.50 bits per heavy atom. The Bertz CT molecular complexity index is 292. The molecule has 0 aliphatic rings. The van der Waals surface area contributed by atoms with Crippen LogP contribution in [0.15, 0.2) is 6.07 Å². The van der Waals surface area contributed by atoms with Gasteiger partial charge in [-0.05, 0) is 6.92 Å². The average molecular weight is 168 g/mol. The summed E-state index contributed by atoms with van der Waals surface area (Å²) in [6.45, 7) is 2.58. The number of hydrogen-bond acceptors (Lipinski definition) is 3. The molecule has 0 radical (unpaired) electrons. The molecule has 0 atom stereocenters. The number of carbonyl (C=O) groups is 1. The molecular formula is C7H12N4O. The first-order valence-corrected chi connectivity index (χ1v) is 3.74. The quantitative estimate of drug-likeness (QED) is 0.644. The maximum atomic E-state index is 11.1. The Labute approximate surface area is 70.5 Å². The van der Waals surface area contributed by atoms with E-state index >= 15 is 0 Å². The number of rotatable bonds is 2. The molecule has 0 aliphatic carbocycles. The van der Waals surface area contributed by atoms with E-state index in [9.17, 15) is 4.79 Å². The molecule has 1 rings (SSSR count). The van der Waals surface area contributed by atoms with Crippen LogP contribution in [0, 0.1) is 0 Å². The maximum Gasteiger partial charge on any atom is 0.271 e. The Morgan fingerprint density at radius 1 is 1.83 bits per heavy atom. The van der Waals surface area contributed by atoms with Crippen LogP contribution in [-0.4, -0.2) is 22.7 Å². The van der Waals surface area contributed by atoms with Crippen LogP contribution in [0.4, 0.5) is 5.82 Å². The summed E-state index contributed by atoms with van der Waals surface area (Å²) in [6.07, 6.45) is 0. The van der Waals surface area contributed by atoms with Crippen LogP contribution in [0.25, 0.3) is 0 Å². The van der Waals surface area contributed by atoms with Gasteiger partial charge in [0.1, 0.15) is 5.82 Å². The van der Waals surface area contributed by atoms with E-state index < -0.39 is 0 Å². The van der Waals surface area contributed by atoms with Crippen molar-refractivity contribution in [1.29, 1.82) is 0 Å². The van der Waals surface area contributed by atoms with Gasteiger partial charge in [-0.1, -0.05) is 0 Å². The van der Waals surface area contributed by atoms with Gasteiger partial charge in [0.25, 0.3) is 5.91 Å². The number of nitrogens with one attached hydrogen (secondary N) is 1. The average Bonchev–Trinajstić information content (AvgIpc) is 2.45. The van der Waals surface area contributed by atoms with Crippen LogP contribution in [0.5, 0.6) is 0 Å². The highest BCUT2D eigenvalue weighted by atomic mass is 16.1. The van der Waals surface area contributed by atoms with Gasteiger partial charge in [-0.3, -0.25) is 4.79 Å². The molecule has 0 saturated carbocycles. The predicted octanol–water partition coefficient (Wildman–Crippen LogP) is -0.155. The number of nitrogens with two attached hydrogens (primary N) is 1. The van der Waals surface area contributed by atoms with Crippen molar-refractivity contribution in [3.8, 4) is 0 Å². The summed E-state index contributed by atoms with van der Waals surface area (Å²) in [6, 6.07) is 1.56. The molecule has 66 valence electrons. The fourth-order valence-corrected chi connectivity index (χ4v) is 0.924. The number of anilines is 1. The second-order valence-electron chi connectivity index (χ2n) is 2.35. The summed E-state index contributed by atoms with van der Waals surface area (Å²) >= 11 is 0. The minimum Gasteiger partial charge on any atom is -0.384 e. The van der Waals surface area contributed by atoms with Gasteiger partial charge in [0.2, 0.25) is 0 Å². The third-order valence-electron chi connectivity index (χ3n) is 1.57. The Balaban J connectivity index is 2.96. The van der Waals surface area contributed by atoms with Gasteiger partial charge in [-0.15, -0.1) is 0 Å². The molecule has 1 heterocycles. The lowest BCUT2D eigenvalue weighted by Gasteiger charge is -1.95. The predicted molar refractivity (Wildman–Crippen MR) is 45.7 cm³/mol. The monoisotopic (exact) mass is 168 g/mol. The minimum absolute atomic E-state index is 0.214. The van der Waals surface area contributed by atoms with Crippen LogP contribution in [0.2, 0.25) is 0 Å². The number of carbonyl (C=O) groups excluding carboxylic acids is 1. The van der Waals surface area contributed by atoms with Crippen molar-refractivity contribution in [2.75, 3.05) is 12.8 Å². The normalized spacial score (nSPS) is 9.83. The first-order valence-electron chi connectivity index (χ1n) is 3.74. The number of hydrogen-bond donors (Lipinski definition) is 2. The van der Waals surface area contributed by atoms with Crippen molar-refractivity contribution in [3.63, 3.8) is 0 Å². The molecule has 0 aliphatic heterocycles. The van der Waals surface area contributed by atoms with Gasteiger partial charge >= 0.3 is 0 Å². The van der Waals surface area contributed by atoms with E-state index in [2.05, 4.69) is 10.4 Å². The van der Waals surface area contributed by atoms with Gasteiger partial charge in [-0.25, -0.2) is 4.68 Å². The zero-order valence-electron chi connectivity index (χ0n) is 7.16. The molecule has 1 aromatic rings. The molecule has 3 N–H and O–H groups in total. The maximum absolute atomic E-state index is 11.1. The zero-order chi connectivity index (χ0) is 9.14. The van der Waals surface area contributed by atoms with Crippen molar-refractivity contribution in [2.24, 2.45) is 0 Å². The molecule has 1 amide bonds. The van der Waals surface area contributed by atoms with Crippen molar-refractivity contribution in [1.82, 2.24) is 15.1 Å². The number of amides is 1. The molecule has 0 fully saturated rings. The van der Waals surface area contributed by atoms with Gasteiger partial charge in [0.15, 0.2) is 5.69 Å². The molecule has 0 bridgehead atoms. The van der Waals surface area contributed by atoms with Crippen molar-refractivity contribution in [3.05, 3.63) is 11.8 Å². The van der Waals surface area contributed by atoms with E-state index in [-0.39, 0.29) is 5.91 Å². The van der Waals surface area contributed by atoms with E-state index in [1.165, 1.54) is 0 Å². The number of nitrogens with zero attached hydrogens (tertiary/aromatic N) is 2. The van der Waals surface area contributed by atoms with Crippen LogP contribution in [0.1, 0.15) is 17.4 Å². The number of aromatic nitrogens is 2. The molecule has 0 saturated heterocycles. The van der Waals surface area contributed by atoms with Crippen molar-refractivity contribution < 1.29 is 4.79 Å². The molecule has 5 nitrogen and oxygen atoms in total. The van der Waals surface area contributed by atoms with Crippen LogP contribution in [0.3, 0.4) is 0 Å². The number of aryl methyl sites for hydroxylation is 1. The Morgan fingerprint density at radius 3 is 2.92 bits per heavy atom. The third-order valence-corrected chi connectivity index (χ3v) is 1.57. The van der Waals surface area contributed by atoms with Crippen LogP contribution < -0.4 is 11.1 Å². The lowest BCUT2D eigenvalue weighted by Crippen LogP contribution is -2.18. The van der Waals surface area contributed by atoms with E-state index in [1.807, 2.05) is 6.92 Å². The summed E-state index contributed by atoms with van der Waals surface area (Å²) in [5.74, 6) is 0.296. The minimum atomic E-state index is -0.214. The second kappa shape index (κ2) is 3.25. The summed E-state index contributed by atoms with van der Waals surface area (Å²) in [4.78, 5) is 11.1. The topological polar surface area (TPSA) is 72.9 Å². The van der Waals surface area contributed by atoms with Gasteiger partial charge < -0.3 is 11.1 Å². The van der Waals surface area contributed by atoms with Crippen molar-refractivity contribution >= 4 is 11.7 Å². The first-order chi connectivity index (χ1) is 5.69. The molecule has 0 spiro atoms. The first kappa shape index (κ1) is 8.58. The summed E-state index contributed by atoms with van der Waals surface area (Å²) in [5, 5.41) is 6.45. The highest BCUT2D eigenvalue weighted by Gasteiger charge is 2.09. The lowest BCUT2D eigenvalue weighted by atomic mass is 10.4. The largest absolute Gasteiger partial charge is 0.384 e. The fourth-order valence-electron chi connectivity index (χ4n) is 0.924. The smallest absolute Gasteiger partial charge is 0.271 e. The molecular weight excluding hydrogens is 156 g/mol. The molecule has 12 heavy (non-hydrogen) atoms. The summed E-state index contributed by atoms with van der Waals surface area (Å²) < 4.78 is 1.57. The molecule has 0 aromatic carbocycles. The Kier molecular flexibility index (Phi) is 2.32. The van der Waals surface area contributed by atoms with Crippen LogP contribution in [-0.2, 0) is 6.54 Å². The molecule has 5 heteroatoms. The third kappa shape index (κ3) is 1.39. The van der Waals surface area contributed by atoms with E-state index in [1.54, 1.807) is 17.8 Å². The van der Waals surface area contributed by atoms with Gasteiger partial charge in [0.05, 0.1) is 0 Å². The molecule has 1 aromatic heterocycles. The van der Waals surface area contributed by atoms with Gasteiger partial charge in [0, 0.05) is 19.7 Å². The highest BCUT2D eigenvalue weighted by molar-refractivity contribution is 5.92. The number of nitrogen functional groups attached to an aromatic ring is 1. The standard InChI is InChI=1S/C7H12N4O/c1-3-11-6(8)4-5(10-11)7(12)9-2/h4H,3,8H2,1-2H3,(H,9,12). The van der Waals surface area contributed by atoms with E-state index in [4.69, 9.17) is 5.73 Å². The van der Waals surface area contributed by atoms with Crippen LogP contribution >= 0.6 is 0 Å². The van der Waals surface area contributed by atoms with E-state index in [0.29, 0.717) is 18.1 Å².